The number of hydrogen-bond acceptors (Lipinski definition) is 3. The van der Waals surface area contributed by atoms with E-state index in [9.17, 15) is 9.59 Å². The topological polar surface area (TPSA) is 63.6 Å². The minimum Gasteiger partial charge on any atom is -0.478 e. The predicted molar refractivity (Wildman–Crippen MR) is 63.3 cm³/mol. The number of carbonyl (C=O) groups is 2. The number of rotatable bonds is 2. The number of carboxylic acid groups (broad SMARTS) is 1. The Kier molecular flexibility index (Phi) is 7.75. The molecule has 0 amide bonds. The molecule has 0 heterocycles. The molecule has 0 aromatic carbocycles. The Balaban J connectivity index is 0.000000306. The summed E-state index contributed by atoms with van der Waals surface area (Å²) in [5.74, 6) is -1.03. The molecule has 2 aliphatic rings. The number of hydrogen-bond donors (Lipinski definition) is 1. The largest absolute Gasteiger partial charge is 0.478 e. The van der Waals surface area contributed by atoms with E-state index in [-0.39, 0.29) is 23.0 Å². The van der Waals surface area contributed by atoms with Crippen LogP contribution in [0.5, 0.6) is 0 Å². The maximum absolute atomic E-state index is 10.7. The fourth-order valence-electron chi connectivity index (χ4n) is 1.34. The van der Waals surface area contributed by atoms with Gasteiger partial charge >= 0.3 is 11.9 Å². The van der Waals surface area contributed by atoms with Crippen LogP contribution < -0.4 is 0 Å². The van der Waals surface area contributed by atoms with Gasteiger partial charge in [0.15, 0.2) is 0 Å². The van der Waals surface area contributed by atoms with Crippen LogP contribution in [0, 0.1) is 0 Å². The van der Waals surface area contributed by atoms with E-state index in [0.29, 0.717) is 18.4 Å². The van der Waals surface area contributed by atoms with Gasteiger partial charge in [-0.1, -0.05) is 36.5 Å². The average Bonchev–Trinajstić information content (AvgIpc) is 3.01. The predicted octanol–water partition coefficient (Wildman–Crippen LogP) is 2.00. The molecule has 0 atom stereocenters. The molecule has 2 aliphatic carbocycles. The molecule has 0 radical (unpaired) electrons. The van der Waals surface area contributed by atoms with E-state index in [1.54, 1.807) is 18.2 Å². The van der Waals surface area contributed by atoms with Gasteiger partial charge in [0.05, 0.1) is 7.11 Å². The summed E-state index contributed by atoms with van der Waals surface area (Å²) in [6.07, 6.45) is 12.0. The van der Waals surface area contributed by atoms with Crippen molar-refractivity contribution in [2.45, 2.75) is 12.8 Å². The van der Waals surface area contributed by atoms with E-state index in [0.717, 1.165) is 5.57 Å². The maximum Gasteiger partial charge on any atom is 0.334 e. The van der Waals surface area contributed by atoms with Gasteiger partial charge in [-0.25, -0.2) is 9.59 Å². The van der Waals surface area contributed by atoms with E-state index < -0.39 is 5.97 Å². The van der Waals surface area contributed by atoms with E-state index in [4.69, 9.17) is 5.11 Å². The summed E-state index contributed by atoms with van der Waals surface area (Å²) in [5, 5.41) is 8.30. The van der Waals surface area contributed by atoms with Gasteiger partial charge in [-0.3, -0.25) is 0 Å². The summed E-state index contributed by atoms with van der Waals surface area (Å²) in [5.41, 5.74) is 1.21. The fourth-order valence-corrected chi connectivity index (χ4v) is 1.34. The van der Waals surface area contributed by atoms with Crippen molar-refractivity contribution in [3.05, 3.63) is 47.6 Å². The molecular formula is C13H14FeO4. The quantitative estimate of drug-likeness (QED) is 0.624. The third-order valence-electron chi connectivity index (χ3n) is 2.26. The third kappa shape index (κ3) is 5.17. The summed E-state index contributed by atoms with van der Waals surface area (Å²) in [4.78, 5) is 20.8. The summed E-state index contributed by atoms with van der Waals surface area (Å²) in [6, 6.07) is 0. The second-order valence-corrected chi connectivity index (χ2v) is 3.45. The van der Waals surface area contributed by atoms with Crippen molar-refractivity contribution in [2.24, 2.45) is 0 Å². The van der Waals surface area contributed by atoms with Crippen LogP contribution in [-0.4, -0.2) is 24.2 Å². The molecule has 98 valence electrons. The molecule has 18 heavy (non-hydrogen) atoms. The van der Waals surface area contributed by atoms with E-state index in [2.05, 4.69) is 4.74 Å². The fraction of sp³-hybridized carbons (Fsp3) is 0.231. The number of allylic oxidation sites excluding steroid dienone is 6. The van der Waals surface area contributed by atoms with Crippen molar-refractivity contribution in [2.75, 3.05) is 7.11 Å². The smallest absolute Gasteiger partial charge is 0.334 e. The Labute approximate surface area is 116 Å². The second-order valence-electron chi connectivity index (χ2n) is 3.45. The van der Waals surface area contributed by atoms with Crippen molar-refractivity contribution in [1.82, 2.24) is 0 Å². The number of carbonyl (C=O) groups excluding carboxylic acids is 1. The first kappa shape index (κ1) is 16.4. The zero-order valence-electron chi connectivity index (χ0n) is 9.90. The van der Waals surface area contributed by atoms with E-state index in [1.807, 2.05) is 18.2 Å². The molecule has 5 heteroatoms. The molecule has 0 unspecified atom stereocenters. The molecular weight excluding hydrogens is 276 g/mol. The molecule has 4 nitrogen and oxygen atoms in total. The number of methoxy groups -OCH3 is 1. The van der Waals surface area contributed by atoms with E-state index >= 15 is 0 Å². The number of carboxylic acids is 1. The van der Waals surface area contributed by atoms with Crippen LogP contribution in [0.1, 0.15) is 12.8 Å². The molecule has 0 aromatic rings. The van der Waals surface area contributed by atoms with Gasteiger partial charge < -0.3 is 9.84 Å². The zero-order chi connectivity index (χ0) is 12.7. The number of ether oxygens (including phenoxy) is 1. The first-order valence-electron chi connectivity index (χ1n) is 5.18. The maximum atomic E-state index is 10.7. The van der Waals surface area contributed by atoms with Crippen molar-refractivity contribution in [3.8, 4) is 0 Å². The van der Waals surface area contributed by atoms with Crippen LogP contribution in [0.3, 0.4) is 0 Å². The van der Waals surface area contributed by atoms with Crippen LogP contribution in [0.2, 0.25) is 0 Å². The van der Waals surface area contributed by atoms with Crippen molar-refractivity contribution >= 4 is 11.9 Å². The minimum atomic E-state index is -0.810. The second kappa shape index (κ2) is 8.50. The normalized spacial score (nSPS) is 14.9. The van der Waals surface area contributed by atoms with Gasteiger partial charge in [-0.05, 0) is 12.8 Å². The van der Waals surface area contributed by atoms with Crippen LogP contribution in [0.15, 0.2) is 47.6 Å². The molecule has 0 fully saturated rings. The zero-order valence-corrected chi connectivity index (χ0v) is 11.0. The van der Waals surface area contributed by atoms with Crippen molar-refractivity contribution in [3.63, 3.8) is 0 Å². The first-order valence-corrected chi connectivity index (χ1v) is 5.18. The molecule has 1 N–H and O–H groups in total. The van der Waals surface area contributed by atoms with Gasteiger partial charge in [0.1, 0.15) is 0 Å². The van der Waals surface area contributed by atoms with Gasteiger partial charge in [-0.2, -0.15) is 0 Å². The average molecular weight is 290 g/mol. The minimum absolute atomic E-state index is 0. The Bertz CT molecular complexity index is 430. The van der Waals surface area contributed by atoms with Crippen LogP contribution in [-0.2, 0) is 31.4 Å². The Morgan fingerprint density at radius 3 is 1.89 bits per heavy atom. The Hall–Kier alpha value is -1.58. The summed E-state index contributed by atoms with van der Waals surface area (Å²) >= 11 is 0. The van der Waals surface area contributed by atoms with Crippen LogP contribution in [0.25, 0.3) is 0 Å². The van der Waals surface area contributed by atoms with Crippen molar-refractivity contribution < 1.29 is 36.5 Å². The van der Waals surface area contributed by atoms with Gasteiger partial charge in [-0.15, -0.1) is 0 Å². The molecule has 0 bridgehead atoms. The molecule has 0 aromatic heterocycles. The van der Waals surface area contributed by atoms with Crippen LogP contribution >= 0.6 is 0 Å². The standard InChI is InChI=1S/C7H8O2.C6H6O2.Fe/c1-9-7(8)6-4-2-3-5-6;7-6(8)5-3-1-2-4-5;/h2-4H,5H2,1H3;1-3H,4H2,(H,7,8);. The molecule has 2 rings (SSSR count). The summed E-state index contributed by atoms with van der Waals surface area (Å²) in [6.45, 7) is 0. The number of aliphatic carboxylic acids is 1. The molecule has 0 saturated heterocycles. The van der Waals surface area contributed by atoms with Crippen molar-refractivity contribution in [1.29, 1.82) is 0 Å². The third-order valence-corrected chi connectivity index (χ3v) is 2.26. The van der Waals surface area contributed by atoms with Crippen LogP contribution in [0.4, 0.5) is 0 Å². The molecule has 0 spiro atoms. The number of esters is 1. The van der Waals surface area contributed by atoms with Gasteiger partial charge in [0.25, 0.3) is 0 Å². The van der Waals surface area contributed by atoms with E-state index in [1.165, 1.54) is 7.11 Å². The Morgan fingerprint density at radius 2 is 1.61 bits per heavy atom. The Morgan fingerprint density at radius 1 is 1.11 bits per heavy atom. The first-order chi connectivity index (χ1) is 8.15. The molecule has 0 saturated carbocycles. The van der Waals surface area contributed by atoms with Gasteiger partial charge in [0, 0.05) is 28.2 Å². The molecule has 0 aliphatic heterocycles. The summed E-state index contributed by atoms with van der Waals surface area (Å²) < 4.78 is 4.49. The van der Waals surface area contributed by atoms with Gasteiger partial charge in [0.2, 0.25) is 0 Å². The SMILES string of the molecule is COC(=O)C1=CC=CC1.O=C(O)C1=CC=CC1.[Fe]. The monoisotopic (exact) mass is 290 g/mol. The summed E-state index contributed by atoms with van der Waals surface area (Å²) in [7, 11) is 1.39.